The Bertz CT molecular complexity index is 2070. The summed E-state index contributed by atoms with van der Waals surface area (Å²) < 4.78 is 0. The zero-order chi connectivity index (χ0) is 42.0. The van der Waals surface area contributed by atoms with Crippen molar-refractivity contribution in [3.63, 3.8) is 0 Å². The van der Waals surface area contributed by atoms with E-state index in [0.29, 0.717) is 0 Å². The lowest BCUT2D eigenvalue weighted by Crippen LogP contribution is -2.22. The zero-order valence-electron chi connectivity index (χ0n) is 36.1. The van der Waals surface area contributed by atoms with E-state index in [1.165, 1.54) is 33.4 Å². The fraction of sp³-hybridized carbons (Fsp3) is 0.306. The van der Waals surface area contributed by atoms with Crippen molar-refractivity contribution in [2.45, 2.75) is 87.7 Å². The molecule has 0 aliphatic carbocycles. The van der Waals surface area contributed by atoms with Gasteiger partial charge in [-0.05, 0) is 118 Å². The molecule has 306 valence electrons. The Morgan fingerprint density at radius 2 is 0.576 bits per heavy atom. The summed E-state index contributed by atoms with van der Waals surface area (Å²) in [6.07, 6.45) is 20.0. The highest BCUT2D eigenvalue weighted by Gasteiger charge is 2.09. The van der Waals surface area contributed by atoms with Gasteiger partial charge in [-0.2, -0.15) is 0 Å². The fourth-order valence-corrected chi connectivity index (χ4v) is 5.89. The average Bonchev–Trinajstić information content (AvgIpc) is 3.23. The van der Waals surface area contributed by atoms with Crippen molar-refractivity contribution in [1.82, 2.24) is 49.5 Å². The van der Waals surface area contributed by atoms with Gasteiger partial charge in [0.05, 0.1) is 73.4 Å². The van der Waals surface area contributed by atoms with Crippen LogP contribution in [-0.2, 0) is 39.3 Å². The minimum atomic E-state index is 0.725. The summed E-state index contributed by atoms with van der Waals surface area (Å²) in [6, 6.07) is 25.1. The van der Waals surface area contributed by atoms with Crippen molar-refractivity contribution in [3.8, 4) is 0 Å². The maximum atomic E-state index is 4.58. The van der Waals surface area contributed by atoms with Crippen molar-refractivity contribution >= 4 is 0 Å². The van der Waals surface area contributed by atoms with Crippen LogP contribution < -0.4 is 0 Å². The quantitative estimate of drug-likeness (QED) is 0.0892. The molecule has 0 unspecified atom stereocenters. The van der Waals surface area contributed by atoms with Crippen molar-refractivity contribution in [2.75, 3.05) is 13.6 Å². The first-order chi connectivity index (χ1) is 28.5. The Morgan fingerprint density at radius 1 is 0.339 bits per heavy atom. The second-order valence-corrected chi connectivity index (χ2v) is 15.3. The van der Waals surface area contributed by atoms with E-state index in [1.54, 1.807) is 0 Å². The second-order valence-electron chi connectivity index (χ2n) is 15.3. The molecule has 6 aromatic rings. The van der Waals surface area contributed by atoms with Crippen LogP contribution in [0, 0.1) is 41.5 Å². The van der Waals surface area contributed by atoms with Crippen LogP contribution in [0.2, 0.25) is 0 Å². The van der Waals surface area contributed by atoms with Crippen LogP contribution in [0.15, 0.2) is 135 Å². The molecule has 0 bridgehead atoms. The lowest BCUT2D eigenvalue weighted by atomic mass is 10.2. The molecular weight excluding hydrogens is 729 g/mol. The van der Waals surface area contributed by atoms with E-state index in [1.807, 2.05) is 37.2 Å². The van der Waals surface area contributed by atoms with Gasteiger partial charge in [-0.15, -0.1) is 0 Å². The summed E-state index contributed by atoms with van der Waals surface area (Å²) in [5, 5.41) is 0. The van der Waals surface area contributed by atoms with Gasteiger partial charge in [-0.25, -0.2) is 0 Å². The van der Waals surface area contributed by atoms with Gasteiger partial charge in [0.15, 0.2) is 0 Å². The number of aryl methyl sites for hydroxylation is 6. The van der Waals surface area contributed by atoms with Gasteiger partial charge in [-0.1, -0.05) is 36.4 Å². The van der Waals surface area contributed by atoms with Gasteiger partial charge in [0, 0.05) is 75.6 Å². The zero-order valence-corrected chi connectivity index (χ0v) is 36.1. The van der Waals surface area contributed by atoms with Crippen LogP contribution in [0.25, 0.3) is 0 Å². The Labute approximate surface area is 352 Å². The van der Waals surface area contributed by atoms with E-state index in [9.17, 15) is 0 Å². The molecule has 0 aromatic carbocycles. The molecule has 0 radical (unpaired) electrons. The summed E-state index contributed by atoms with van der Waals surface area (Å²) in [5.41, 5.74) is 13.3. The molecule has 59 heavy (non-hydrogen) atoms. The molecule has 0 spiro atoms. The standard InChI is InChI=1S/C25H31N5.C24H29N5/c1-5-29(17-23-9-6-20(2)14-26-23)12-13-30(18-24-10-7-21(3)15-27-24)19-25-11-8-22(4)16-28-25;1-19-5-8-22(25-13-19)16-28(4)11-12-29(17-23-9-6-20(2)14-26-23)18-24-10-7-21(3)15-27-24/h6-16H,5,17-19H2,1-4H3;5-15H,16-18H2,1-4H3. The lowest BCUT2D eigenvalue weighted by molar-refractivity contribution is 0.328. The highest BCUT2D eigenvalue weighted by atomic mass is 15.2. The summed E-state index contributed by atoms with van der Waals surface area (Å²) in [5.74, 6) is 0. The molecule has 10 nitrogen and oxygen atoms in total. The SMILES string of the molecule is CCN(C=CN(Cc1ccc(C)cn1)Cc1ccc(C)cn1)Cc1ccc(C)cn1.Cc1ccc(CN(C)C=CN(Cc2ccc(C)cn2)Cc2ccc(C)cn2)nc1. The Hall–Kier alpha value is -6.42. The Balaban J connectivity index is 0.000000224. The van der Waals surface area contributed by atoms with Gasteiger partial charge in [-0.3, -0.25) is 29.9 Å². The minimum absolute atomic E-state index is 0.725. The summed E-state index contributed by atoms with van der Waals surface area (Å²) in [4.78, 5) is 36.2. The van der Waals surface area contributed by atoms with Crippen LogP contribution in [-0.4, -0.2) is 63.1 Å². The number of pyridine rings is 6. The predicted octanol–water partition coefficient (Wildman–Crippen LogP) is 9.19. The summed E-state index contributed by atoms with van der Waals surface area (Å²) in [7, 11) is 2.06. The third kappa shape index (κ3) is 15.8. The Morgan fingerprint density at radius 3 is 0.831 bits per heavy atom. The largest absolute Gasteiger partial charge is 0.373 e. The van der Waals surface area contributed by atoms with Crippen molar-refractivity contribution in [1.29, 1.82) is 0 Å². The topological polar surface area (TPSA) is 90.3 Å². The van der Waals surface area contributed by atoms with E-state index < -0.39 is 0 Å². The number of nitrogens with zero attached hydrogens (tertiary/aromatic N) is 10. The molecule has 0 amide bonds. The first-order valence-corrected chi connectivity index (χ1v) is 20.3. The molecule has 0 fully saturated rings. The highest BCUT2D eigenvalue weighted by molar-refractivity contribution is 5.18. The minimum Gasteiger partial charge on any atom is -0.373 e. The van der Waals surface area contributed by atoms with Crippen molar-refractivity contribution in [2.24, 2.45) is 0 Å². The normalized spacial score (nSPS) is 11.1. The smallest absolute Gasteiger partial charge is 0.0601 e. The molecular formula is C49H60N10. The van der Waals surface area contributed by atoms with Gasteiger partial charge in [0.2, 0.25) is 0 Å². The van der Waals surface area contributed by atoms with E-state index in [2.05, 4.69) is 203 Å². The fourth-order valence-electron chi connectivity index (χ4n) is 5.89. The van der Waals surface area contributed by atoms with Gasteiger partial charge < -0.3 is 19.6 Å². The maximum absolute atomic E-state index is 4.58. The molecule has 6 aromatic heterocycles. The summed E-state index contributed by atoms with van der Waals surface area (Å²) in [6.45, 7) is 19.9. The number of rotatable bonds is 17. The average molecular weight is 789 g/mol. The maximum Gasteiger partial charge on any atom is 0.0601 e. The van der Waals surface area contributed by atoms with Crippen LogP contribution >= 0.6 is 0 Å². The first-order valence-electron chi connectivity index (χ1n) is 20.3. The van der Waals surface area contributed by atoms with E-state index >= 15 is 0 Å². The monoisotopic (exact) mass is 789 g/mol. The molecule has 6 rings (SSSR count). The van der Waals surface area contributed by atoms with Crippen LogP contribution in [0.5, 0.6) is 0 Å². The Kier molecular flexibility index (Phi) is 16.7. The predicted molar refractivity (Wildman–Crippen MR) is 238 cm³/mol. The van der Waals surface area contributed by atoms with Crippen molar-refractivity contribution in [3.05, 3.63) is 202 Å². The molecule has 0 saturated carbocycles. The second kappa shape index (κ2) is 22.5. The molecule has 0 N–H and O–H groups in total. The molecule has 0 aliphatic rings. The van der Waals surface area contributed by atoms with Gasteiger partial charge >= 0.3 is 0 Å². The van der Waals surface area contributed by atoms with Crippen LogP contribution in [0.4, 0.5) is 0 Å². The molecule has 0 saturated heterocycles. The van der Waals surface area contributed by atoms with E-state index in [-0.39, 0.29) is 0 Å². The van der Waals surface area contributed by atoms with Gasteiger partial charge in [0.25, 0.3) is 0 Å². The molecule has 10 heteroatoms. The number of hydrogen-bond acceptors (Lipinski definition) is 10. The number of hydrogen-bond donors (Lipinski definition) is 0. The number of aromatic nitrogens is 6. The third-order valence-corrected chi connectivity index (χ3v) is 9.50. The van der Waals surface area contributed by atoms with Crippen LogP contribution in [0.1, 0.15) is 74.5 Å². The van der Waals surface area contributed by atoms with E-state index in [4.69, 9.17) is 0 Å². The summed E-state index contributed by atoms with van der Waals surface area (Å²) >= 11 is 0. The molecule has 0 aliphatic heterocycles. The molecule has 0 atom stereocenters. The lowest BCUT2D eigenvalue weighted by Gasteiger charge is -2.23. The third-order valence-electron chi connectivity index (χ3n) is 9.50. The van der Waals surface area contributed by atoms with E-state index in [0.717, 1.165) is 80.0 Å². The van der Waals surface area contributed by atoms with Crippen molar-refractivity contribution < 1.29 is 0 Å². The van der Waals surface area contributed by atoms with Gasteiger partial charge in [0.1, 0.15) is 0 Å². The van der Waals surface area contributed by atoms with Crippen LogP contribution in [0.3, 0.4) is 0 Å². The molecule has 6 heterocycles. The first kappa shape index (κ1) is 43.7. The highest BCUT2D eigenvalue weighted by Crippen LogP contribution is 2.13.